The molecule has 2 heterocycles. The number of anilines is 2. The second kappa shape index (κ2) is 8.21. The van der Waals surface area contributed by atoms with Crippen molar-refractivity contribution in [3.63, 3.8) is 0 Å². The van der Waals surface area contributed by atoms with E-state index in [0.717, 1.165) is 0 Å². The van der Waals surface area contributed by atoms with E-state index in [2.05, 4.69) is 5.32 Å². The molecule has 27 heavy (non-hydrogen) atoms. The van der Waals surface area contributed by atoms with Crippen LogP contribution in [0.5, 0.6) is 0 Å². The first kappa shape index (κ1) is 18.2. The van der Waals surface area contributed by atoms with Crippen LogP contribution in [0.15, 0.2) is 46.4 Å². The van der Waals surface area contributed by atoms with Gasteiger partial charge in [-0.15, -0.1) is 0 Å². The molecule has 0 unspecified atom stereocenters. The minimum atomic E-state index is -1.10. The van der Waals surface area contributed by atoms with E-state index in [1.54, 1.807) is 18.2 Å². The molecule has 0 bridgehead atoms. The number of amides is 1. The number of carbonyl (C=O) groups excluding carboxylic acids is 1. The third-order valence-corrected chi connectivity index (χ3v) is 3.95. The lowest BCUT2D eigenvalue weighted by Gasteiger charge is -2.26. The smallest absolute Gasteiger partial charge is 0.335 e. The predicted molar refractivity (Wildman–Crippen MR) is 97.4 cm³/mol. The number of carbonyl (C=O) groups is 2. The molecule has 0 saturated carbocycles. The van der Waals surface area contributed by atoms with Crippen molar-refractivity contribution < 1.29 is 23.8 Å². The molecule has 1 aliphatic rings. The van der Waals surface area contributed by atoms with Crippen LogP contribution in [0.2, 0.25) is 0 Å². The first-order valence-corrected chi connectivity index (χ1v) is 8.26. The lowest BCUT2D eigenvalue weighted by Crippen LogP contribution is -2.35. The maximum absolute atomic E-state index is 12.3. The standard InChI is InChI=1S/C19H17N3O5/c20-12-14(18(23)21-15-3-1-2-13(10-15)19(24)25)11-16-4-5-17(27-16)22-6-8-26-9-7-22/h1-5,10-11H,6-9H2,(H,21,23)(H,24,25). The summed E-state index contributed by atoms with van der Waals surface area (Å²) in [5.74, 6) is -0.725. The Kier molecular flexibility index (Phi) is 5.54. The average Bonchev–Trinajstić information content (AvgIpc) is 3.15. The van der Waals surface area contributed by atoms with E-state index in [-0.39, 0.29) is 16.8 Å². The Morgan fingerprint density at radius 1 is 1.22 bits per heavy atom. The number of hydrogen-bond acceptors (Lipinski definition) is 6. The number of furan rings is 1. The Balaban J connectivity index is 1.73. The Bertz CT molecular complexity index is 919. The van der Waals surface area contributed by atoms with Gasteiger partial charge in [0.2, 0.25) is 0 Å². The van der Waals surface area contributed by atoms with Crippen LogP contribution in [-0.2, 0) is 9.53 Å². The number of rotatable bonds is 5. The highest BCUT2D eigenvalue weighted by Crippen LogP contribution is 2.22. The molecule has 1 fully saturated rings. The highest BCUT2D eigenvalue weighted by atomic mass is 16.5. The summed E-state index contributed by atoms with van der Waals surface area (Å²) in [6, 6.07) is 11.1. The number of aromatic carboxylic acids is 1. The summed E-state index contributed by atoms with van der Waals surface area (Å²) >= 11 is 0. The van der Waals surface area contributed by atoms with Gasteiger partial charge in [0.05, 0.1) is 18.8 Å². The van der Waals surface area contributed by atoms with Crippen molar-refractivity contribution in [1.29, 1.82) is 5.26 Å². The number of nitriles is 1. The summed E-state index contributed by atoms with van der Waals surface area (Å²) in [6.45, 7) is 2.66. The second-order valence-corrected chi connectivity index (χ2v) is 5.79. The van der Waals surface area contributed by atoms with Crippen molar-refractivity contribution in [3.05, 3.63) is 53.3 Å². The third kappa shape index (κ3) is 4.54. The van der Waals surface area contributed by atoms with Crippen molar-refractivity contribution in [2.75, 3.05) is 36.5 Å². The van der Waals surface area contributed by atoms with Crippen molar-refractivity contribution in [3.8, 4) is 6.07 Å². The molecule has 3 rings (SSSR count). The van der Waals surface area contributed by atoms with Crippen LogP contribution < -0.4 is 10.2 Å². The molecule has 1 aromatic carbocycles. The van der Waals surface area contributed by atoms with Gasteiger partial charge in [0.15, 0.2) is 5.88 Å². The van der Waals surface area contributed by atoms with Gasteiger partial charge in [-0.3, -0.25) is 4.79 Å². The van der Waals surface area contributed by atoms with Crippen LogP contribution in [0, 0.1) is 11.3 Å². The van der Waals surface area contributed by atoms with E-state index >= 15 is 0 Å². The van der Waals surface area contributed by atoms with Crippen LogP contribution in [0.3, 0.4) is 0 Å². The molecule has 1 saturated heterocycles. The lowest BCUT2D eigenvalue weighted by atomic mass is 10.2. The second-order valence-electron chi connectivity index (χ2n) is 5.79. The Hall–Kier alpha value is -3.57. The predicted octanol–water partition coefficient (Wildman–Crippen LogP) is 2.36. The molecular formula is C19H17N3O5. The van der Waals surface area contributed by atoms with Crippen LogP contribution in [0.1, 0.15) is 16.1 Å². The Labute approximate surface area is 155 Å². The van der Waals surface area contributed by atoms with Crippen molar-refractivity contribution in [2.24, 2.45) is 0 Å². The zero-order chi connectivity index (χ0) is 19.2. The molecule has 0 atom stereocenters. The Morgan fingerprint density at radius 3 is 2.70 bits per heavy atom. The van der Waals surface area contributed by atoms with Gasteiger partial charge in [-0.1, -0.05) is 6.07 Å². The van der Waals surface area contributed by atoms with E-state index in [4.69, 9.17) is 14.3 Å². The number of nitrogens with one attached hydrogen (secondary N) is 1. The maximum atomic E-state index is 12.3. The zero-order valence-electron chi connectivity index (χ0n) is 14.3. The molecule has 2 aromatic rings. The van der Waals surface area contributed by atoms with Gasteiger partial charge in [0, 0.05) is 30.9 Å². The summed E-state index contributed by atoms with van der Waals surface area (Å²) in [5, 5.41) is 20.8. The minimum absolute atomic E-state index is 0.0384. The molecule has 138 valence electrons. The van der Waals surface area contributed by atoms with Crippen LogP contribution in [0.4, 0.5) is 11.6 Å². The molecule has 1 amide bonds. The summed E-state index contributed by atoms with van der Waals surface area (Å²) in [5.41, 5.74) is 0.171. The fourth-order valence-electron chi connectivity index (χ4n) is 2.59. The van der Waals surface area contributed by atoms with Crippen molar-refractivity contribution in [2.45, 2.75) is 0 Å². The molecule has 0 spiro atoms. The fourth-order valence-corrected chi connectivity index (χ4v) is 2.59. The molecule has 8 heteroatoms. The molecule has 0 aliphatic carbocycles. The van der Waals surface area contributed by atoms with E-state index in [1.165, 1.54) is 24.3 Å². The third-order valence-electron chi connectivity index (χ3n) is 3.95. The van der Waals surface area contributed by atoms with E-state index in [1.807, 2.05) is 11.0 Å². The number of carboxylic acids is 1. The number of carboxylic acid groups (broad SMARTS) is 1. The molecule has 1 aromatic heterocycles. The highest BCUT2D eigenvalue weighted by molar-refractivity contribution is 6.09. The largest absolute Gasteiger partial charge is 0.478 e. The number of nitrogens with zero attached hydrogens (tertiary/aromatic N) is 2. The molecule has 0 radical (unpaired) electrons. The molecule has 2 N–H and O–H groups in total. The van der Waals surface area contributed by atoms with Gasteiger partial charge in [-0.2, -0.15) is 5.26 Å². The first-order valence-electron chi connectivity index (χ1n) is 8.26. The maximum Gasteiger partial charge on any atom is 0.335 e. The van der Waals surface area contributed by atoms with E-state index in [0.29, 0.717) is 37.9 Å². The fraction of sp³-hybridized carbons (Fsp3) is 0.211. The monoisotopic (exact) mass is 367 g/mol. The van der Waals surface area contributed by atoms with E-state index in [9.17, 15) is 14.9 Å². The van der Waals surface area contributed by atoms with Gasteiger partial charge in [-0.25, -0.2) is 4.79 Å². The molecule has 1 aliphatic heterocycles. The summed E-state index contributed by atoms with van der Waals surface area (Å²) in [6.07, 6.45) is 1.35. The Morgan fingerprint density at radius 2 is 2.00 bits per heavy atom. The van der Waals surface area contributed by atoms with E-state index < -0.39 is 11.9 Å². The summed E-state index contributed by atoms with van der Waals surface area (Å²) in [4.78, 5) is 25.3. The average molecular weight is 367 g/mol. The summed E-state index contributed by atoms with van der Waals surface area (Å²) < 4.78 is 11.0. The first-order chi connectivity index (χ1) is 13.1. The molecular weight excluding hydrogens is 350 g/mol. The number of benzene rings is 1. The van der Waals surface area contributed by atoms with Crippen LogP contribution in [0.25, 0.3) is 6.08 Å². The topological polar surface area (TPSA) is 116 Å². The lowest BCUT2D eigenvalue weighted by molar-refractivity contribution is -0.112. The highest BCUT2D eigenvalue weighted by Gasteiger charge is 2.16. The van der Waals surface area contributed by atoms with Crippen molar-refractivity contribution >= 4 is 29.5 Å². The van der Waals surface area contributed by atoms with Gasteiger partial charge in [0.1, 0.15) is 17.4 Å². The van der Waals surface area contributed by atoms with Crippen molar-refractivity contribution in [1.82, 2.24) is 0 Å². The minimum Gasteiger partial charge on any atom is -0.478 e. The van der Waals surface area contributed by atoms with Gasteiger partial charge in [-0.05, 0) is 24.3 Å². The molecule has 8 nitrogen and oxygen atoms in total. The quantitative estimate of drug-likeness (QED) is 0.615. The number of morpholine rings is 1. The van der Waals surface area contributed by atoms with Gasteiger partial charge >= 0.3 is 5.97 Å². The number of hydrogen-bond donors (Lipinski definition) is 2. The van der Waals surface area contributed by atoms with Crippen LogP contribution in [-0.4, -0.2) is 43.3 Å². The zero-order valence-corrected chi connectivity index (χ0v) is 14.3. The van der Waals surface area contributed by atoms with Crippen LogP contribution >= 0.6 is 0 Å². The normalized spacial score (nSPS) is 14.5. The summed E-state index contributed by atoms with van der Waals surface area (Å²) in [7, 11) is 0. The SMILES string of the molecule is N#CC(=Cc1ccc(N2CCOCC2)o1)C(=O)Nc1cccc(C(=O)O)c1. The number of ether oxygens (including phenoxy) is 1. The van der Waals surface area contributed by atoms with Gasteiger partial charge in [0.25, 0.3) is 5.91 Å². The van der Waals surface area contributed by atoms with Gasteiger partial charge < -0.3 is 24.5 Å².